The van der Waals surface area contributed by atoms with Crippen molar-refractivity contribution in [2.75, 3.05) is 24.5 Å². The molecule has 1 heterocycles. The normalized spacial score (nSPS) is 13.0. The van der Waals surface area contributed by atoms with Crippen LogP contribution in [0.5, 0.6) is 0 Å². The lowest BCUT2D eigenvalue weighted by atomic mass is 10.0. The van der Waals surface area contributed by atoms with Crippen LogP contribution in [0.1, 0.15) is 40.5 Å². The van der Waals surface area contributed by atoms with Crippen molar-refractivity contribution in [3.8, 4) is 0 Å². The van der Waals surface area contributed by atoms with E-state index in [0.29, 0.717) is 17.9 Å². The van der Waals surface area contributed by atoms with Crippen LogP contribution in [-0.2, 0) is 6.42 Å². The third kappa shape index (κ3) is 3.98. The molecule has 5 nitrogen and oxygen atoms in total. The largest absolute Gasteiger partial charge is 0.339 e. The minimum absolute atomic E-state index is 0.389. The molecule has 0 amide bonds. The maximum atomic E-state index is 5.33. The lowest BCUT2D eigenvalue weighted by Crippen LogP contribution is -2.35. The first-order valence-corrected chi connectivity index (χ1v) is 6.93. The Balaban J connectivity index is 2.67. The number of aromatic nitrogens is 2. The van der Waals surface area contributed by atoms with Crippen molar-refractivity contribution in [1.29, 1.82) is 0 Å². The monoisotopic (exact) mass is 254 g/mol. The predicted octanol–water partition coefficient (Wildman–Crippen LogP) is 2.09. The van der Waals surface area contributed by atoms with Gasteiger partial charge in [-0.3, -0.25) is 0 Å². The van der Waals surface area contributed by atoms with Gasteiger partial charge in [0.15, 0.2) is 0 Å². The van der Waals surface area contributed by atoms with Gasteiger partial charge in [-0.2, -0.15) is 4.98 Å². The zero-order chi connectivity index (χ0) is 13.5. The van der Waals surface area contributed by atoms with E-state index in [1.807, 2.05) is 0 Å². The summed E-state index contributed by atoms with van der Waals surface area (Å²) in [5.41, 5.74) is 0. The molecule has 5 heteroatoms. The Kier molecular flexibility index (Phi) is 6.12. The minimum atomic E-state index is 0.389. The van der Waals surface area contributed by atoms with Crippen LogP contribution in [0, 0.1) is 5.92 Å². The Bertz CT molecular complexity index is 333. The molecular weight excluding hydrogens is 228 g/mol. The van der Waals surface area contributed by atoms with E-state index in [0.717, 1.165) is 31.9 Å². The van der Waals surface area contributed by atoms with Crippen molar-refractivity contribution >= 4 is 5.95 Å². The van der Waals surface area contributed by atoms with Crippen LogP contribution in [0.2, 0.25) is 0 Å². The van der Waals surface area contributed by atoms with Crippen LogP contribution in [0.4, 0.5) is 5.95 Å². The molecule has 18 heavy (non-hydrogen) atoms. The molecule has 0 saturated heterocycles. The third-order valence-electron chi connectivity index (χ3n) is 3.17. The van der Waals surface area contributed by atoms with Crippen molar-refractivity contribution in [2.24, 2.45) is 5.92 Å². The van der Waals surface area contributed by atoms with Crippen LogP contribution in [0.25, 0.3) is 0 Å². The maximum absolute atomic E-state index is 5.33. The average molecular weight is 254 g/mol. The number of nitrogens with one attached hydrogen (secondary N) is 1. The highest BCUT2D eigenvalue weighted by Crippen LogP contribution is 2.13. The summed E-state index contributed by atoms with van der Waals surface area (Å²) in [6, 6.07) is 0.389. The van der Waals surface area contributed by atoms with Gasteiger partial charge in [-0.1, -0.05) is 20.8 Å². The first kappa shape index (κ1) is 15.0. The van der Waals surface area contributed by atoms with Crippen LogP contribution in [0.15, 0.2) is 4.52 Å². The second-order valence-corrected chi connectivity index (χ2v) is 4.77. The fourth-order valence-corrected chi connectivity index (χ4v) is 1.96. The maximum Gasteiger partial charge on any atom is 0.266 e. The number of hydrogen-bond acceptors (Lipinski definition) is 5. The van der Waals surface area contributed by atoms with Crippen molar-refractivity contribution in [3.63, 3.8) is 0 Å². The molecular formula is C13H26N4O. The Morgan fingerprint density at radius 3 is 2.39 bits per heavy atom. The molecule has 0 aromatic carbocycles. The zero-order valence-corrected chi connectivity index (χ0v) is 12.2. The van der Waals surface area contributed by atoms with Gasteiger partial charge in [0.1, 0.15) is 0 Å². The summed E-state index contributed by atoms with van der Waals surface area (Å²) in [6.45, 7) is 13.5. The topological polar surface area (TPSA) is 54.2 Å². The van der Waals surface area contributed by atoms with Gasteiger partial charge in [-0.15, -0.1) is 0 Å². The van der Waals surface area contributed by atoms with Crippen LogP contribution in [-0.4, -0.2) is 35.8 Å². The Morgan fingerprint density at radius 1 is 1.22 bits per heavy atom. The van der Waals surface area contributed by atoms with E-state index in [1.54, 1.807) is 0 Å². The van der Waals surface area contributed by atoms with Crippen molar-refractivity contribution < 1.29 is 4.52 Å². The molecule has 1 aromatic heterocycles. The SMILES string of the molecule is CCNC(Cc1nc(N(CC)CC)no1)C(C)C. The van der Waals surface area contributed by atoms with Crippen molar-refractivity contribution in [1.82, 2.24) is 15.5 Å². The summed E-state index contributed by atoms with van der Waals surface area (Å²) in [4.78, 5) is 6.55. The zero-order valence-electron chi connectivity index (χ0n) is 12.2. The quantitative estimate of drug-likeness (QED) is 0.770. The van der Waals surface area contributed by atoms with E-state index in [-0.39, 0.29) is 0 Å². The summed E-state index contributed by atoms with van der Waals surface area (Å²) >= 11 is 0. The van der Waals surface area contributed by atoms with Crippen LogP contribution < -0.4 is 10.2 Å². The molecule has 0 saturated carbocycles. The van der Waals surface area contributed by atoms with E-state index >= 15 is 0 Å². The van der Waals surface area contributed by atoms with Gasteiger partial charge >= 0.3 is 0 Å². The molecule has 0 aliphatic heterocycles. The number of likely N-dealkylation sites (N-methyl/N-ethyl adjacent to an activating group) is 1. The van der Waals surface area contributed by atoms with E-state index in [4.69, 9.17) is 4.52 Å². The summed E-state index contributed by atoms with van der Waals surface area (Å²) in [5.74, 6) is 1.97. The highest BCUT2D eigenvalue weighted by molar-refractivity contribution is 5.26. The van der Waals surface area contributed by atoms with Gasteiger partial charge in [-0.05, 0) is 31.5 Å². The van der Waals surface area contributed by atoms with Crippen molar-refractivity contribution in [2.45, 2.75) is 47.1 Å². The molecule has 1 atom stereocenters. The molecule has 0 radical (unpaired) electrons. The van der Waals surface area contributed by atoms with E-state index in [9.17, 15) is 0 Å². The molecule has 104 valence electrons. The summed E-state index contributed by atoms with van der Waals surface area (Å²) < 4.78 is 5.33. The summed E-state index contributed by atoms with van der Waals surface area (Å²) in [6.07, 6.45) is 0.791. The van der Waals surface area contributed by atoms with E-state index in [2.05, 4.69) is 55.0 Å². The van der Waals surface area contributed by atoms with Gasteiger partial charge in [0.05, 0.1) is 0 Å². The molecule has 1 unspecified atom stereocenters. The van der Waals surface area contributed by atoms with Gasteiger partial charge in [0.2, 0.25) is 5.89 Å². The number of rotatable bonds is 8. The fraction of sp³-hybridized carbons (Fsp3) is 0.846. The van der Waals surface area contributed by atoms with Crippen LogP contribution >= 0.6 is 0 Å². The van der Waals surface area contributed by atoms with Crippen molar-refractivity contribution in [3.05, 3.63) is 5.89 Å². The van der Waals surface area contributed by atoms with Gasteiger partial charge < -0.3 is 14.7 Å². The molecule has 0 aliphatic rings. The average Bonchev–Trinajstić information content (AvgIpc) is 2.78. The first-order chi connectivity index (χ1) is 8.62. The molecule has 1 N–H and O–H groups in total. The highest BCUT2D eigenvalue weighted by atomic mass is 16.5. The number of nitrogens with zero attached hydrogens (tertiary/aromatic N) is 3. The third-order valence-corrected chi connectivity index (χ3v) is 3.17. The molecule has 1 rings (SSSR count). The molecule has 1 aromatic rings. The minimum Gasteiger partial charge on any atom is -0.339 e. The highest BCUT2D eigenvalue weighted by Gasteiger charge is 2.18. The molecule has 0 spiro atoms. The number of anilines is 1. The summed E-state index contributed by atoms with van der Waals surface area (Å²) in [7, 11) is 0. The lowest BCUT2D eigenvalue weighted by molar-refractivity contribution is 0.328. The molecule has 0 aliphatic carbocycles. The van der Waals surface area contributed by atoms with E-state index in [1.165, 1.54) is 0 Å². The lowest BCUT2D eigenvalue weighted by Gasteiger charge is -2.19. The van der Waals surface area contributed by atoms with Crippen LogP contribution in [0.3, 0.4) is 0 Å². The number of hydrogen-bond donors (Lipinski definition) is 1. The van der Waals surface area contributed by atoms with Gasteiger partial charge in [0.25, 0.3) is 5.95 Å². The first-order valence-electron chi connectivity index (χ1n) is 6.93. The molecule has 0 bridgehead atoms. The standard InChI is InChI=1S/C13H26N4O/c1-6-14-11(10(4)5)9-12-15-13(16-18-12)17(7-2)8-3/h10-11,14H,6-9H2,1-5H3. The van der Waals surface area contributed by atoms with Gasteiger partial charge in [-0.25, -0.2) is 0 Å². The Hall–Kier alpha value is -1.10. The smallest absolute Gasteiger partial charge is 0.266 e. The van der Waals surface area contributed by atoms with Gasteiger partial charge in [0, 0.05) is 25.6 Å². The molecule has 0 fully saturated rings. The fourth-order valence-electron chi connectivity index (χ4n) is 1.96. The summed E-state index contributed by atoms with van der Waals surface area (Å²) in [5, 5.41) is 7.50. The van der Waals surface area contributed by atoms with E-state index < -0.39 is 0 Å². The second kappa shape index (κ2) is 7.36. The predicted molar refractivity (Wildman–Crippen MR) is 73.9 cm³/mol. The second-order valence-electron chi connectivity index (χ2n) is 4.77. The Labute approximate surface area is 110 Å². The Morgan fingerprint density at radius 2 is 1.89 bits per heavy atom.